The Morgan fingerprint density at radius 1 is 0.952 bits per heavy atom. The molecule has 0 heterocycles. The van der Waals surface area contributed by atoms with Crippen molar-refractivity contribution in [2.75, 3.05) is 5.73 Å². The van der Waals surface area contributed by atoms with Gasteiger partial charge in [0, 0.05) is 4.47 Å². The molecule has 0 fully saturated rings. The zero-order valence-corrected chi connectivity index (χ0v) is 12.7. The zero-order chi connectivity index (χ0) is 14.8. The van der Waals surface area contributed by atoms with Crippen LogP contribution in [0.2, 0.25) is 0 Å². The Kier molecular flexibility index (Phi) is 3.80. The molecule has 0 aromatic heterocycles. The van der Waals surface area contributed by atoms with Crippen LogP contribution < -0.4 is 10.5 Å². The van der Waals surface area contributed by atoms with Crippen molar-refractivity contribution < 1.29 is 9.13 Å². The second-order valence-electron chi connectivity index (χ2n) is 4.80. The van der Waals surface area contributed by atoms with Crippen molar-refractivity contribution in [3.8, 4) is 5.75 Å². The van der Waals surface area contributed by atoms with Crippen LogP contribution in [0.1, 0.15) is 5.56 Å². The van der Waals surface area contributed by atoms with Crippen LogP contribution in [-0.2, 0) is 6.61 Å². The molecule has 3 rings (SSSR count). The lowest BCUT2D eigenvalue weighted by Gasteiger charge is -2.08. The number of halogens is 2. The van der Waals surface area contributed by atoms with Gasteiger partial charge in [0.25, 0.3) is 0 Å². The van der Waals surface area contributed by atoms with Gasteiger partial charge in [0.1, 0.15) is 18.2 Å². The summed E-state index contributed by atoms with van der Waals surface area (Å²) >= 11 is 3.45. The largest absolute Gasteiger partial charge is 0.489 e. The van der Waals surface area contributed by atoms with E-state index in [1.165, 1.54) is 6.07 Å². The summed E-state index contributed by atoms with van der Waals surface area (Å²) in [5.74, 6) is 0.335. The van der Waals surface area contributed by atoms with E-state index < -0.39 is 5.82 Å². The normalized spacial score (nSPS) is 10.8. The molecule has 3 aromatic rings. The predicted molar refractivity (Wildman–Crippen MR) is 86.8 cm³/mol. The van der Waals surface area contributed by atoms with E-state index in [0.29, 0.717) is 6.61 Å². The second-order valence-corrected chi connectivity index (χ2v) is 5.71. The number of ether oxygens (including phenoxy) is 1. The summed E-state index contributed by atoms with van der Waals surface area (Å²) in [5.41, 5.74) is 6.35. The number of nitrogen functional groups attached to an aromatic ring is 1. The molecule has 0 aliphatic heterocycles. The van der Waals surface area contributed by atoms with E-state index in [1.807, 2.05) is 30.3 Å². The van der Waals surface area contributed by atoms with Gasteiger partial charge in [-0.05, 0) is 52.7 Å². The van der Waals surface area contributed by atoms with E-state index in [9.17, 15) is 4.39 Å². The highest BCUT2D eigenvalue weighted by Crippen LogP contribution is 2.24. The summed E-state index contributed by atoms with van der Waals surface area (Å²) in [5, 5.41) is 2.23. The van der Waals surface area contributed by atoms with Gasteiger partial charge in [-0.1, -0.05) is 34.1 Å². The van der Waals surface area contributed by atoms with Gasteiger partial charge in [-0.15, -0.1) is 0 Å². The van der Waals surface area contributed by atoms with Crippen LogP contribution in [0.25, 0.3) is 10.8 Å². The Morgan fingerprint density at radius 2 is 1.71 bits per heavy atom. The molecule has 0 aliphatic carbocycles. The molecule has 3 aromatic carbocycles. The number of benzene rings is 3. The molecule has 4 heteroatoms. The minimum absolute atomic E-state index is 0.148. The van der Waals surface area contributed by atoms with Crippen LogP contribution in [0.4, 0.5) is 10.1 Å². The maximum atomic E-state index is 13.4. The SMILES string of the molecule is Nc1ccc(COc2ccc3cc(Br)ccc3c2)cc1F. The Labute approximate surface area is 130 Å². The summed E-state index contributed by atoms with van der Waals surface area (Å²) < 4.78 is 20.1. The minimum atomic E-state index is -0.417. The summed E-state index contributed by atoms with van der Waals surface area (Å²) in [7, 11) is 0. The Bertz CT molecular complexity index is 804. The van der Waals surface area contributed by atoms with Crippen molar-refractivity contribution in [3.63, 3.8) is 0 Å². The molecule has 0 atom stereocenters. The number of nitrogens with two attached hydrogens (primary N) is 1. The van der Waals surface area contributed by atoms with Crippen molar-refractivity contribution in [2.24, 2.45) is 0 Å². The third kappa shape index (κ3) is 3.16. The third-order valence-electron chi connectivity index (χ3n) is 3.24. The number of rotatable bonds is 3. The molecule has 0 aliphatic rings. The van der Waals surface area contributed by atoms with Crippen molar-refractivity contribution in [3.05, 3.63) is 70.5 Å². The summed E-state index contributed by atoms with van der Waals surface area (Å²) in [6.07, 6.45) is 0. The third-order valence-corrected chi connectivity index (χ3v) is 3.74. The van der Waals surface area contributed by atoms with E-state index >= 15 is 0 Å². The lowest BCUT2D eigenvalue weighted by atomic mass is 10.1. The maximum Gasteiger partial charge on any atom is 0.146 e. The monoisotopic (exact) mass is 345 g/mol. The Balaban J connectivity index is 1.78. The van der Waals surface area contributed by atoms with Crippen LogP contribution in [0, 0.1) is 5.82 Å². The van der Waals surface area contributed by atoms with Crippen molar-refractivity contribution in [1.82, 2.24) is 0 Å². The number of hydrogen-bond donors (Lipinski definition) is 1. The van der Waals surface area contributed by atoms with E-state index in [2.05, 4.69) is 22.0 Å². The number of hydrogen-bond acceptors (Lipinski definition) is 2. The fraction of sp³-hybridized carbons (Fsp3) is 0.0588. The molecule has 0 radical (unpaired) electrons. The first-order chi connectivity index (χ1) is 10.1. The van der Waals surface area contributed by atoms with E-state index in [0.717, 1.165) is 26.6 Å². The van der Waals surface area contributed by atoms with Crippen molar-refractivity contribution in [1.29, 1.82) is 0 Å². The van der Waals surface area contributed by atoms with E-state index in [1.54, 1.807) is 12.1 Å². The molecule has 21 heavy (non-hydrogen) atoms. The quantitative estimate of drug-likeness (QED) is 0.685. The average molecular weight is 346 g/mol. The molecule has 0 saturated carbocycles. The standard InChI is InChI=1S/C17H13BrFNO/c18-14-4-2-13-9-15(5-3-12(13)8-14)21-10-11-1-6-17(20)16(19)7-11/h1-9H,10,20H2. The Morgan fingerprint density at radius 3 is 2.52 bits per heavy atom. The number of anilines is 1. The Hall–Kier alpha value is -2.07. The van der Waals surface area contributed by atoms with Crippen LogP contribution in [0.5, 0.6) is 5.75 Å². The first kappa shape index (κ1) is 13.9. The van der Waals surface area contributed by atoms with Crippen molar-refractivity contribution in [2.45, 2.75) is 6.61 Å². The van der Waals surface area contributed by atoms with Gasteiger partial charge in [0.05, 0.1) is 5.69 Å². The molecule has 0 bridgehead atoms. The maximum absolute atomic E-state index is 13.4. The molecule has 0 unspecified atom stereocenters. The fourth-order valence-corrected chi connectivity index (χ4v) is 2.49. The van der Waals surface area contributed by atoms with Gasteiger partial charge >= 0.3 is 0 Å². The molecular weight excluding hydrogens is 333 g/mol. The predicted octanol–water partition coefficient (Wildman–Crippen LogP) is 4.90. The smallest absolute Gasteiger partial charge is 0.146 e. The van der Waals surface area contributed by atoms with Gasteiger partial charge in [-0.2, -0.15) is 0 Å². The van der Waals surface area contributed by atoms with Gasteiger partial charge in [-0.3, -0.25) is 0 Å². The first-order valence-electron chi connectivity index (χ1n) is 6.48. The molecular formula is C17H13BrFNO. The first-order valence-corrected chi connectivity index (χ1v) is 7.27. The van der Waals surface area contributed by atoms with Gasteiger partial charge < -0.3 is 10.5 Å². The van der Waals surface area contributed by atoms with Gasteiger partial charge in [-0.25, -0.2) is 4.39 Å². The topological polar surface area (TPSA) is 35.2 Å². The zero-order valence-electron chi connectivity index (χ0n) is 11.1. The molecule has 2 nitrogen and oxygen atoms in total. The minimum Gasteiger partial charge on any atom is -0.489 e. The van der Waals surface area contributed by atoms with E-state index in [4.69, 9.17) is 10.5 Å². The second kappa shape index (κ2) is 5.74. The molecule has 0 spiro atoms. The fourth-order valence-electron chi connectivity index (χ4n) is 2.11. The lowest BCUT2D eigenvalue weighted by molar-refractivity contribution is 0.306. The number of fused-ring (bicyclic) bond motifs is 1. The van der Waals surface area contributed by atoms with E-state index in [-0.39, 0.29) is 5.69 Å². The van der Waals surface area contributed by atoms with Gasteiger partial charge in [0.15, 0.2) is 0 Å². The highest BCUT2D eigenvalue weighted by Gasteiger charge is 2.02. The molecule has 0 amide bonds. The summed E-state index contributed by atoms with van der Waals surface area (Å²) in [6.45, 7) is 0.305. The van der Waals surface area contributed by atoms with Crippen LogP contribution in [-0.4, -0.2) is 0 Å². The summed E-state index contributed by atoms with van der Waals surface area (Å²) in [4.78, 5) is 0. The lowest BCUT2D eigenvalue weighted by Crippen LogP contribution is -1.98. The highest BCUT2D eigenvalue weighted by molar-refractivity contribution is 9.10. The average Bonchev–Trinajstić information content (AvgIpc) is 2.48. The summed E-state index contributed by atoms with van der Waals surface area (Å²) in [6, 6.07) is 16.6. The molecule has 106 valence electrons. The molecule has 2 N–H and O–H groups in total. The highest BCUT2D eigenvalue weighted by atomic mass is 79.9. The van der Waals surface area contributed by atoms with Crippen LogP contribution in [0.15, 0.2) is 59.1 Å². The van der Waals surface area contributed by atoms with Crippen molar-refractivity contribution >= 4 is 32.4 Å². The van der Waals surface area contributed by atoms with Crippen LogP contribution >= 0.6 is 15.9 Å². The van der Waals surface area contributed by atoms with Gasteiger partial charge in [0.2, 0.25) is 0 Å². The van der Waals surface area contributed by atoms with Crippen LogP contribution in [0.3, 0.4) is 0 Å². The molecule has 0 saturated heterocycles.